The van der Waals surface area contributed by atoms with Crippen LogP contribution in [0.2, 0.25) is 0 Å². The minimum atomic E-state index is 0.174. The Morgan fingerprint density at radius 3 is 2.82 bits per heavy atom. The van der Waals surface area contributed by atoms with Crippen molar-refractivity contribution in [2.24, 2.45) is 0 Å². The van der Waals surface area contributed by atoms with Crippen LogP contribution >= 0.6 is 15.9 Å². The molecule has 1 aromatic rings. The largest absolute Gasteiger partial charge is 0.503 e. The van der Waals surface area contributed by atoms with E-state index in [-0.39, 0.29) is 5.75 Å². The lowest BCUT2D eigenvalue weighted by molar-refractivity contribution is 0.165. The van der Waals surface area contributed by atoms with Crippen molar-refractivity contribution in [3.63, 3.8) is 0 Å². The fraction of sp³-hybridized carbons (Fsp3) is 0.529. The van der Waals surface area contributed by atoms with Gasteiger partial charge in [-0.25, -0.2) is 0 Å². The highest BCUT2D eigenvalue weighted by Gasteiger charge is 2.23. The summed E-state index contributed by atoms with van der Waals surface area (Å²) in [5.74, 6) is 0.721. The number of nitrogens with one attached hydrogen (secondary N) is 1. The molecule has 1 heterocycles. The minimum absolute atomic E-state index is 0.174. The number of aromatic hydroxyl groups is 1. The average molecular weight is 369 g/mol. The number of hydrogen-bond donors (Lipinski definition) is 2. The Hall–Kier alpha value is -1.04. The third kappa shape index (κ3) is 4.24. The maximum Gasteiger partial charge on any atom is 0.172 e. The molecule has 22 heavy (non-hydrogen) atoms. The Labute approximate surface area is 141 Å². The third-order valence-electron chi connectivity index (χ3n) is 3.97. The SMILES string of the molecule is C=CCC[C@@H](c1cc(Br)c(O)c(OCC)c1)N1CCNCC1. The van der Waals surface area contributed by atoms with Gasteiger partial charge in [0.2, 0.25) is 0 Å². The zero-order chi connectivity index (χ0) is 15.9. The van der Waals surface area contributed by atoms with Crippen LogP contribution in [0.4, 0.5) is 0 Å². The Kier molecular flexibility index (Phi) is 6.73. The topological polar surface area (TPSA) is 44.7 Å². The normalized spacial score (nSPS) is 17.2. The van der Waals surface area contributed by atoms with Gasteiger partial charge in [0.1, 0.15) is 0 Å². The molecule has 0 bridgehead atoms. The van der Waals surface area contributed by atoms with E-state index in [4.69, 9.17) is 4.74 Å². The Balaban J connectivity index is 2.30. The minimum Gasteiger partial charge on any atom is -0.503 e. The molecular formula is C17H25BrN2O2. The van der Waals surface area contributed by atoms with Crippen LogP contribution in [0, 0.1) is 0 Å². The smallest absolute Gasteiger partial charge is 0.172 e. The first-order chi connectivity index (χ1) is 10.7. The average Bonchev–Trinajstić information content (AvgIpc) is 2.53. The molecule has 5 heteroatoms. The molecule has 2 N–H and O–H groups in total. The van der Waals surface area contributed by atoms with Gasteiger partial charge in [0, 0.05) is 32.2 Å². The maximum atomic E-state index is 10.1. The lowest BCUT2D eigenvalue weighted by atomic mass is 9.99. The van der Waals surface area contributed by atoms with Crippen LogP contribution in [-0.4, -0.2) is 42.8 Å². The Morgan fingerprint density at radius 2 is 2.18 bits per heavy atom. The monoisotopic (exact) mass is 368 g/mol. The summed E-state index contributed by atoms with van der Waals surface area (Å²) in [4.78, 5) is 2.49. The molecule has 0 amide bonds. The van der Waals surface area contributed by atoms with Gasteiger partial charge in [0.25, 0.3) is 0 Å². The molecule has 0 unspecified atom stereocenters. The number of hydrogen-bond acceptors (Lipinski definition) is 4. The molecule has 4 nitrogen and oxygen atoms in total. The van der Waals surface area contributed by atoms with Gasteiger partial charge in [0.05, 0.1) is 11.1 Å². The summed E-state index contributed by atoms with van der Waals surface area (Å²) in [6.07, 6.45) is 3.96. The quantitative estimate of drug-likeness (QED) is 0.723. The first-order valence-electron chi connectivity index (χ1n) is 7.88. The summed E-state index contributed by atoms with van der Waals surface area (Å²) in [5, 5.41) is 13.5. The zero-order valence-electron chi connectivity index (χ0n) is 13.1. The first-order valence-corrected chi connectivity index (χ1v) is 8.67. The van der Waals surface area contributed by atoms with Crippen molar-refractivity contribution in [3.05, 3.63) is 34.8 Å². The second-order valence-electron chi connectivity index (χ2n) is 5.45. The number of piperazine rings is 1. The summed E-state index contributed by atoms with van der Waals surface area (Å²) in [7, 11) is 0. The van der Waals surface area contributed by atoms with E-state index in [2.05, 4.69) is 32.7 Å². The van der Waals surface area contributed by atoms with Gasteiger partial charge >= 0.3 is 0 Å². The van der Waals surface area contributed by atoms with E-state index in [0.717, 1.165) is 39.0 Å². The number of phenols is 1. The fourth-order valence-corrected chi connectivity index (χ4v) is 3.34. The number of phenolic OH excluding ortho intramolecular Hbond substituents is 1. The molecule has 0 saturated carbocycles. The summed E-state index contributed by atoms with van der Waals surface area (Å²) in [6, 6.07) is 4.30. The van der Waals surface area contributed by atoms with Crippen molar-refractivity contribution in [2.45, 2.75) is 25.8 Å². The van der Waals surface area contributed by atoms with E-state index < -0.39 is 0 Å². The fourth-order valence-electron chi connectivity index (χ4n) is 2.88. The van der Waals surface area contributed by atoms with Crippen molar-refractivity contribution in [3.8, 4) is 11.5 Å². The van der Waals surface area contributed by atoms with Crippen LogP contribution in [-0.2, 0) is 0 Å². The van der Waals surface area contributed by atoms with Gasteiger partial charge in [-0.2, -0.15) is 0 Å². The van der Waals surface area contributed by atoms with Crippen LogP contribution in [0.25, 0.3) is 0 Å². The lowest BCUT2D eigenvalue weighted by Crippen LogP contribution is -2.45. The van der Waals surface area contributed by atoms with Crippen molar-refractivity contribution < 1.29 is 9.84 Å². The molecule has 122 valence electrons. The Morgan fingerprint density at radius 1 is 1.45 bits per heavy atom. The second kappa shape index (κ2) is 8.56. The summed E-state index contributed by atoms with van der Waals surface area (Å²) < 4.78 is 6.26. The number of benzene rings is 1. The molecule has 1 aliphatic heterocycles. The van der Waals surface area contributed by atoms with Crippen LogP contribution in [0.1, 0.15) is 31.4 Å². The highest BCUT2D eigenvalue weighted by Crippen LogP contribution is 2.39. The van der Waals surface area contributed by atoms with E-state index in [1.165, 1.54) is 5.56 Å². The zero-order valence-corrected chi connectivity index (χ0v) is 14.7. The number of halogens is 1. The molecule has 0 radical (unpaired) electrons. The number of nitrogens with zero attached hydrogens (tertiary/aromatic N) is 1. The number of ether oxygens (including phenoxy) is 1. The van der Waals surface area contributed by atoms with Gasteiger partial charge in [-0.15, -0.1) is 6.58 Å². The van der Waals surface area contributed by atoms with Crippen LogP contribution < -0.4 is 10.1 Å². The molecule has 1 aromatic carbocycles. The van der Waals surface area contributed by atoms with Crippen LogP contribution in [0.15, 0.2) is 29.3 Å². The highest BCUT2D eigenvalue weighted by atomic mass is 79.9. The summed E-state index contributed by atoms with van der Waals surface area (Å²) in [5.41, 5.74) is 1.18. The second-order valence-corrected chi connectivity index (χ2v) is 6.30. The predicted octanol–water partition coefficient (Wildman–Crippen LogP) is 3.47. The molecular weight excluding hydrogens is 344 g/mol. The molecule has 0 spiro atoms. The van der Waals surface area contributed by atoms with Gasteiger partial charge in [0.15, 0.2) is 11.5 Å². The molecule has 0 aliphatic carbocycles. The molecule has 1 aliphatic rings. The third-order valence-corrected chi connectivity index (χ3v) is 4.58. The van der Waals surface area contributed by atoms with Gasteiger partial charge < -0.3 is 15.2 Å². The maximum absolute atomic E-state index is 10.1. The summed E-state index contributed by atoms with van der Waals surface area (Å²) >= 11 is 3.45. The lowest BCUT2D eigenvalue weighted by Gasteiger charge is -2.35. The van der Waals surface area contributed by atoms with E-state index >= 15 is 0 Å². The molecule has 2 rings (SSSR count). The van der Waals surface area contributed by atoms with E-state index in [0.29, 0.717) is 22.9 Å². The van der Waals surface area contributed by atoms with E-state index in [1.54, 1.807) is 0 Å². The van der Waals surface area contributed by atoms with Crippen LogP contribution in [0.5, 0.6) is 11.5 Å². The van der Waals surface area contributed by atoms with Gasteiger partial charge in [-0.05, 0) is 53.4 Å². The summed E-state index contributed by atoms with van der Waals surface area (Å²) in [6.45, 7) is 10.4. The van der Waals surface area contributed by atoms with E-state index in [1.807, 2.05) is 25.1 Å². The first kappa shape index (κ1) is 17.3. The molecule has 0 aromatic heterocycles. The standard InChI is InChI=1S/C17H25BrN2O2/c1-3-5-6-15(20-9-7-19-8-10-20)13-11-14(18)17(21)16(12-13)22-4-2/h3,11-12,15,19,21H,1,4-10H2,2H3/t15-/m0/s1. The van der Waals surface area contributed by atoms with Crippen molar-refractivity contribution in [1.29, 1.82) is 0 Å². The molecule has 1 saturated heterocycles. The van der Waals surface area contributed by atoms with Crippen molar-refractivity contribution in [1.82, 2.24) is 10.2 Å². The van der Waals surface area contributed by atoms with Crippen molar-refractivity contribution >= 4 is 15.9 Å². The molecule has 1 fully saturated rings. The van der Waals surface area contributed by atoms with Crippen LogP contribution in [0.3, 0.4) is 0 Å². The highest BCUT2D eigenvalue weighted by molar-refractivity contribution is 9.10. The number of allylic oxidation sites excluding steroid dienone is 1. The van der Waals surface area contributed by atoms with Gasteiger partial charge in [-0.1, -0.05) is 6.08 Å². The Bertz CT molecular complexity index is 502. The number of rotatable bonds is 7. The van der Waals surface area contributed by atoms with E-state index in [9.17, 15) is 5.11 Å². The van der Waals surface area contributed by atoms with Gasteiger partial charge in [-0.3, -0.25) is 4.90 Å². The molecule has 1 atom stereocenters. The predicted molar refractivity (Wildman–Crippen MR) is 93.6 cm³/mol. The van der Waals surface area contributed by atoms with Crippen molar-refractivity contribution in [2.75, 3.05) is 32.8 Å².